The fraction of sp³-hybridized carbons (Fsp3) is 0.600. The Morgan fingerprint density at radius 2 is 2.07 bits per heavy atom. The average Bonchev–Trinajstić information content (AvgIpc) is 3.13. The molecule has 2 aromatic rings. The molecule has 8 nitrogen and oxygen atoms in total. The predicted octanol–water partition coefficient (Wildman–Crippen LogP) is 1.55. The first-order chi connectivity index (χ1) is 13.9. The van der Waals surface area contributed by atoms with Crippen molar-refractivity contribution in [1.29, 1.82) is 0 Å². The Morgan fingerprint density at radius 3 is 2.72 bits per heavy atom. The van der Waals surface area contributed by atoms with Crippen LogP contribution in [0.25, 0.3) is 5.65 Å². The quantitative estimate of drug-likeness (QED) is 0.524. The molecule has 0 amide bonds. The van der Waals surface area contributed by atoms with Crippen molar-refractivity contribution in [2.45, 2.75) is 46.1 Å². The standard InChI is InChI=1S/C20H32N6O2S/c1-4-21-20(24-17-9-13-26(14-10-17)29(27,28)5-2)22-11-8-18-15-25-12-6-7-16(3)19(25)23-18/h6-7,12,15,17H,4-5,8-11,13-14H2,1-3H3,(H2,21,22,24). The molecule has 0 radical (unpaired) electrons. The summed E-state index contributed by atoms with van der Waals surface area (Å²) in [5.74, 6) is 0.946. The SMILES string of the molecule is CCNC(=NCCc1cn2cccc(C)c2n1)NC1CCN(S(=O)(=O)CC)CC1. The van der Waals surface area contributed by atoms with Crippen LogP contribution in [0.15, 0.2) is 29.5 Å². The van der Waals surface area contributed by atoms with Gasteiger partial charge in [-0.3, -0.25) is 4.99 Å². The minimum absolute atomic E-state index is 0.164. The second-order valence-corrected chi connectivity index (χ2v) is 9.64. The van der Waals surface area contributed by atoms with Gasteiger partial charge in [0.05, 0.1) is 11.4 Å². The van der Waals surface area contributed by atoms with E-state index in [9.17, 15) is 8.42 Å². The van der Waals surface area contributed by atoms with Gasteiger partial charge in [0.1, 0.15) is 5.65 Å². The second kappa shape index (κ2) is 9.58. The van der Waals surface area contributed by atoms with Crippen LogP contribution in [0.1, 0.15) is 37.9 Å². The first kappa shape index (κ1) is 21.6. The van der Waals surface area contributed by atoms with Gasteiger partial charge in [0, 0.05) is 51.0 Å². The number of sulfonamides is 1. The van der Waals surface area contributed by atoms with Crippen molar-refractivity contribution in [3.63, 3.8) is 0 Å². The number of aliphatic imine (C=N–C) groups is 1. The number of fused-ring (bicyclic) bond motifs is 1. The molecule has 0 unspecified atom stereocenters. The summed E-state index contributed by atoms with van der Waals surface area (Å²) in [6.45, 7) is 8.35. The number of rotatable bonds is 7. The molecule has 2 N–H and O–H groups in total. The van der Waals surface area contributed by atoms with Crippen LogP contribution in [-0.2, 0) is 16.4 Å². The normalized spacial score (nSPS) is 17.0. The monoisotopic (exact) mass is 420 g/mol. The van der Waals surface area contributed by atoms with E-state index in [-0.39, 0.29) is 11.8 Å². The van der Waals surface area contributed by atoms with Crippen LogP contribution in [-0.4, -0.2) is 66.0 Å². The number of aryl methyl sites for hydroxylation is 1. The molecule has 1 saturated heterocycles. The molecular weight excluding hydrogens is 388 g/mol. The molecule has 0 aliphatic carbocycles. The number of imidazole rings is 1. The van der Waals surface area contributed by atoms with Crippen LogP contribution in [0, 0.1) is 6.92 Å². The van der Waals surface area contributed by atoms with Gasteiger partial charge < -0.3 is 15.0 Å². The number of pyridine rings is 1. The molecule has 2 aromatic heterocycles. The summed E-state index contributed by atoms with van der Waals surface area (Å²) < 4.78 is 27.7. The highest BCUT2D eigenvalue weighted by Crippen LogP contribution is 2.14. The van der Waals surface area contributed by atoms with Gasteiger partial charge in [0.2, 0.25) is 10.0 Å². The molecule has 0 bridgehead atoms. The molecule has 3 heterocycles. The fourth-order valence-electron chi connectivity index (χ4n) is 3.58. The molecule has 0 aromatic carbocycles. The summed E-state index contributed by atoms with van der Waals surface area (Å²) in [6, 6.07) is 4.32. The lowest BCUT2D eigenvalue weighted by Crippen LogP contribution is -2.50. The number of hydrogen-bond donors (Lipinski definition) is 2. The smallest absolute Gasteiger partial charge is 0.213 e. The van der Waals surface area contributed by atoms with Crippen molar-refractivity contribution in [2.24, 2.45) is 4.99 Å². The van der Waals surface area contributed by atoms with Gasteiger partial charge in [-0.1, -0.05) is 6.07 Å². The summed E-state index contributed by atoms with van der Waals surface area (Å²) in [5.41, 5.74) is 3.18. The van der Waals surface area contributed by atoms with Crippen LogP contribution in [0.2, 0.25) is 0 Å². The minimum atomic E-state index is -3.09. The van der Waals surface area contributed by atoms with E-state index in [2.05, 4.69) is 34.2 Å². The van der Waals surface area contributed by atoms with Gasteiger partial charge in [0.25, 0.3) is 0 Å². The molecule has 160 valence electrons. The number of guanidine groups is 1. The highest BCUT2D eigenvalue weighted by Gasteiger charge is 2.26. The lowest BCUT2D eigenvalue weighted by Gasteiger charge is -2.32. The van der Waals surface area contributed by atoms with E-state index >= 15 is 0 Å². The molecule has 29 heavy (non-hydrogen) atoms. The van der Waals surface area contributed by atoms with E-state index in [1.54, 1.807) is 11.2 Å². The maximum atomic E-state index is 12.0. The topological polar surface area (TPSA) is 91.1 Å². The average molecular weight is 421 g/mol. The van der Waals surface area contributed by atoms with Gasteiger partial charge in [-0.15, -0.1) is 0 Å². The summed E-state index contributed by atoms with van der Waals surface area (Å²) in [4.78, 5) is 9.39. The Bertz CT molecular complexity index is 945. The Morgan fingerprint density at radius 1 is 1.31 bits per heavy atom. The molecule has 1 aliphatic heterocycles. The third kappa shape index (κ3) is 5.48. The zero-order valence-corrected chi connectivity index (χ0v) is 18.4. The highest BCUT2D eigenvalue weighted by molar-refractivity contribution is 7.89. The number of nitrogens with one attached hydrogen (secondary N) is 2. The van der Waals surface area contributed by atoms with Crippen LogP contribution in [0.4, 0.5) is 0 Å². The zero-order chi connectivity index (χ0) is 20.9. The molecule has 1 fully saturated rings. The number of piperidine rings is 1. The number of nitrogens with zero attached hydrogens (tertiary/aromatic N) is 4. The third-order valence-electron chi connectivity index (χ3n) is 5.26. The summed E-state index contributed by atoms with van der Waals surface area (Å²) in [7, 11) is -3.09. The molecule has 0 saturated carbocycles. The van der Waals surface area contributed by atoms with Crippen LogP contribution < -0.4 is 10.6 Å². The van der Waals surface area contributed by atoms with Crippen LogP contribution in [0.5, 0.6) is 0 Å². The minimum Gasteiger partial charge on any atom is -0.357 e. The first-order valence-electron chi connectivity index (χ1n) is 10.4. The lowest BCUT2D eigenvalue weighted by atomic mass is 10.1. The van der Waals surface area contributed by atoms with Gasteiger partial charge in [0.15, 0.2) is 5.96 Å². The Kier molecular flexibility index (Phi) is 7.13. The van der Waals surface area contributed by atoms with Crippen molar-refractivity contribution in [2.75, 3.05) is 31.9 Å². The Hall–Kier alpha value is -2.13. The van der Waals surface area contributed by atoms with Crippen molar-refractivity contribution in [1.82, 2.24) is 24.3 Å². The van der Waals surface area contributed by atoms with E-state index < -0.39 is 10.0 Å². The van der Waals surface area contributed by atoms with Gasteiger partial charge in [-0.2, -0.15) is 0 Å². The van der Waals surface area contributed by atoms with Crippen LogP contribution >= 0.6 is 0 Å². The molecule has 1 aliphatic rings. The van der Waals surface area contributed by atoms with Gasteiger partial charge >= 0.3 is 0 Å². The summed E-state index contributed by atoms with van der Waals surface area (Å²) in [5, 5.41) is 6.75. The number of hydrogen-bond acceptors (Lipinski definition) is 4. The maximum Gasteiger partial charge on any atom is 0.213 e. The zero-order valence-electron chi connectivity index (χ0n) is 17.6. The molecule has 0 atom stereocenters. The maximum absolute atomic E-state index is 12.0. The van der Waals surface area contributed by atoms with E-state index in [1.807, 2.05) is 19.2 Å². The van der Waals surface area contributed by atoms with Gasteiger partial charge in [-0.05, 0) is 45.2 Å². The Balaban J connectivity index is 1.55. The first-order valence-corrected chi connectivity index (χ1v) is 12.0. The van der Waals surface area contributed by atoms with E-state index in [0.717, 1.165) is 48.7 Å². The molecular formula is C20H32N6O2S. The van der Waals surface area contributed by atoms with E-state index in [1.165, 1.54) is 0 Å². The lowest BCUT2D eigenvalue weighted by molar-refractivity contribution is 0.306. The van der Waals surface area contributed by atoms with Crippen molar-refractivity contribution < 1.29 is 8.42 Å². The molecule has 0 spiro atoms. The largest absolute Gasteiger partial charge is 0.357 e. The highest BCUT2D eigenvalue weighted by atomic mass is 32.2. The fourth-order valence-corrected chi connectivity index (χ4v) is 4.71. The molecule has 3 rings (SSSR count). The Labute approximate surface area is 173 Å². The summed E-state index contributed by atoms with van der Waals surface area (Å²) >= 11 is 0. The number of aromatic nitrogens is 2. The van der Waals surface area contributed by atoms with E-state index in [0.29, 0.717) is 19.6 Å². The summed E-state index contributed by atoms with van der Waals surface area (Å²) in [6.07, 6.45) is 6.41. The van der Waals surface area contributed by atoms with E-state index in [4.69, 9.17) is 9.98 Å². The third-order valence-corrected chi connectivity index (χ3v) is 7.14. The second-order valence-electron chi connectivity index (χ2n) is 7.38. The van der Waals surface area contributed by atoms with Crippen LogP contribution in [0.3, 0.4) is 0 Å². The molecule has 9 heteroatoms. The van der Waals surface area contributed by atoms with Crippen molar-refractivity contribution in [3.05, 3.63) is 35.8 Å². The van der Waals surface area contributed by atoms with Crippen molar-refractivity contribution in [3.8, 4) is 0 Å². The predicted molar refractivity (Wildman–Crippen MR) is 117 cm³/mol. The van der Waals surface area contributed by atoms with Crippen molar-refractivity contribution >= 4 is 21.6 Å². The van der Waals surface area contributed by atoms with Gasteiger partial charge in [-0.25, -0.2) is 17.7 Å².